The van der Waals surface area contributed by atoms with Gasteiger partial charge in [-0.1, -0.05) is 48.5 Å². The first-order valence-corrected chi connectivity index (χ1v) is 7.89. The number of para-hydroxylation sites is 1. The van der Waals surface area contributed by atoms with E-state index in [9.17, 15) is 4.79 Å². The first kappa shape index (κ1) is 17.8. The average molecular weight is 325 g/mol. The number of carbonyl (C=O) groups excluding carboxylic acids is 1. The third-order valence-electron chi connectivity index (χ3n) is 3.55. The molecule has 0 aromatic heterocycles. The normalized spacial score (nSPS) is 11.0. The SMILES string of the molecule is COc1ccccc1/C=C/C(=O)OCCN(C)Cc1ccccc1. The molecule has 0 N–H and O–H groups in total. The standard InChI is InChI=1S/C20H23NO3/c1-21(16-17-8-4-3-5-9-17)14-15-24-20(22)13-12-18-10-6-7-11-19(18)23-2/h3-13H,14-16H2,1-2H3/b13-12+. The average Bonchev–Trinajstić information content (AvgIpc) is 2.61. The van der Waals surface area contributed by atoms with E-state index in [0.717, 1.165) is 17.9 Å². The highest BCUT2D eigenvalue weighted by Gasteiger charge is 2.03. The minimum Gasteiger partial charge on any atom is -0.496 e. The Hall–Kier alpha value is -2.59. The molecule has 0 aliphatic heterocycles. The maximum absolute atomic E-state index is 11.8. The summed E-state index contributed by atoms with van der Waals surface area (Å²) in [5.74, 6) is 0.373. The molecule has 0 amide bonds. The van der Waals surface area contributed by atoms with Crippen LogP contribution in [0.5, 0.6) is 5.75 Å². The van der Waals surface area contributed by atoms with Crippen molar-refractivity contribution in [1.29, 1.82) is 0 Å². The summed E-state index contributed by atoms with van der Waals surface area (Å²) in [5, 5.41) is 0. The fourth-order valence-corrected chi connectivity index (χ4v) is 2.29. The predicted octanol–water partition coefficient (Wildman–Crippen LogP) is 3.38. The summed E-state index contributed by atoms with van der Waals surface area (Å²) in [6.07, 6.45) is 3.13. The molecule has 126 valence electrons. The molecule has 0 radical (unpaired) electrons. The number of likely N-dealkylation sites (N-methyl/N-ethyl adjacent to an activating group) is 1. The lowest BCUT2D eigenvalue weighted by atomic mass is 10.2. The van der Waals surface area contributed by atoms with Crippen LogP contribution in [0.1, 0.15) is 11.1 Å². The molecule has 2 aromatic carbocycles. The number of esters is 1. The van der Waals surface area contributed by atoms with Crippen molar-refractivity contribution in [1.82, 2.24) is 4.90 Å². The molecule has 2 aromatic rings. The molecular weight excluding hydrogens is 302 g/mol. The topological polar surface area (TPSA) is 38.8 Å². The molecule has 2 rings (SSSR count). The Balaban J connectivity index is 1.74. The van der Waals surface area contributed by atoms with Gasteiger partial charge in [0.1, 0.15) is 12.4 Å². The second kappa shape index (κ2) is 9.53. The van der Waals surface area contributed by atoms with E-state index in [4.69, 9.17) is 9.47 Å². The number of nitrogens with zero attached hydrogens (tertiary/aromatic N) is 1. The van der Waals surface area contributed by atoms with Crippen molar-refractivity contribution in [3.05, 3.63) is 71.8 Å². The lowest BCUT2D eigenvalue weighted by Crippen LogP contribution is -2.23. The van der Waals surface area contributed by atoms with Crippen molar-refractivity contribution in [2.45, 2.75) is 6.54 Å². The molecular formula is C20H23NO3. The molecule has 0 spiro atoms. The second-order valence-electron chi connectivity index (χ2n) is 5.47. The van der Waals surface area contributed by atoms with Crippen molar-refractivity contribution < 1.29 is 14.3 Å². The van der Waals surface area contributed by atoms with Crippen LogP contribution in [0.25, 0.3) is 6.08 Å². The Kier molecular flexibility index (Phi) is 7.05. The molecule has 0 fully saturated rings. The van der Waals surface area contributed by atoms with Gasteiger partial charge in [0.15, 0.2) is 0 Å². The van der Waals surface area contributed by atoms with Crippen molar-refractivity contribution in [2.24, 2.45) is 0 Å². The smallest absolute Gasteiger partial charge is 0.330 e. The van der Waals surface area contributed by atoms with Gasteiger partial charge in [0.25, 0.3) is 0 Å². The Morgan fingerprint density at radius 1 is 1.08 bits per heavy atom. The number of ether oxygens (including phenoxy) is 2. The Labute approximate surface area is 143 Å². The zero-order valence-corrected chi connectivity index (χ0v) is 14.1. The van der Waals surface area contributed by atoms with E-state index in [1.165, 1.54) is 11.6 Å². The number of hydrogen-bond donors (Lipinski definition) is 0. The van der Waals surface area contributed by atoms with E-state index in [-0.39, 0.29) is 5.97 Å². The van der Waals surface area contributed by atoms with Gasteiger partial charge in [0, 0.05) is 24.7 Å². The van der Waals surface area contributed by atoms with Crippen molar-refractivity contribution >= 4 is 12.0 Å². The lowest BCUT2D eigenvalue weighted by Gasteiger charge is -2.16. The van der Waals surface area contributed by atoms with Crippen LogP contribution in [0.4, 0.5) is 0 Å². The Bertz CT molecular complexity index is 668. The minimum atomic E-state index is -0.353. The van der Waals surface area contributed by atoms with Crippen LogP contribution in [0.3, 0.4) is 0 Å². The first-order chi connectivity index (χ1) is 11.7. The van der Waals surface area contributed by atoms with Gasteiger partial charge in [-0.05, 0) is 24.8 Å². The number of carbonyl (C=O) groups is 1. The Morgan fingerprint density at radius 3 is 2.54 bits per heavy atom. The van der Waals surface area contributed by atoms with Crippen LogP contribution in [0, 0.1) is 0 Å². The fraction of sp³-hybridized carbons (Fsp3) is 0.250. The van der Waals surface area contributed by atoms with E-state index in [1.54, 1.807) is 13.2 Å². The number of rotatable bonds is 8. The largest absolute Gasteiger partial charge is 0.496 e. The van der Waals surface area contributed by atoms with E-state index >= 15 is 0 Å². The molecule has 0 aliphatic rings. The van der Waals surface area contributed by atoms with Crippen LogP contribution < -0.4 is 4.74 Å². The molecule has 0 unspecified atom stereocenters. The summed E-state index contributed by atoms with van der Waals surface area (Å²) in [4.78, 5) is 13.9. The maximum Gasteiger partial charge on any atom is 0.330 e. The van der Waals surface area contributed by atoms with Gasteiger partial charge in [-0.3, -0.25) is 4.90 Å². The van der Waals surface area contributed by atoms with Crippen molar-refractivity contribution in [2.75, 3.05) is 27.3 Å². The monoisotopic (exact) mass is 325 g/mol. The van der Waals surface area contributed by atoms with Crippen LogP contribution in [-0.4, -0.2) is 38.2 Å². The lowest BCUT2D eigenvalue weighted by molar-refractivity contribution is -0.138. The summed E-state index contributed by atoms with van der Waals surface area (Å²) < 4.78 is 10.5. The number of benzene rings is 2. The zero-order chi connectivity index (χ0) is 17.2. The van der Waals surface area contributed by atoms with E-state index in [2.05, 4.69) is 17.0 Å². The van der Waals surface area contributed by atoms with Crippen molar-refractivity contribution in [3.63, 3.8) is 0 Å². The fourth-order valence-electron chi connectivity index (χ4n) is 2.29. The van der Waals surface area contributed by atoms with Gasteiger partial charge in [0.2, 0.25) is 0 Å². The summed E-state index contributed by atoms with van der Waals surface area (Å²) in [6.45, 7) is 1.87. The van der Waals surface area contributed by atoms with E-state index < -0.39 is 0 Å². The quantitative estimate of drug-likeness (QED) is 0.551. The summed E-state index contributed by atoms with van der Waals surface area (Å²) in [7, 11) is 3.61. The summed E-state index contributed by atoms with van der Waals surface area (Å²) >= 11 is 0. The van der Waals surface area contributed by atoms with Crippen molar-refractivity contribution in [3.8, 4) is 5.75 Å². The van der Waals surface area contributed by atoms with Crippen LogP contribution in [-0.2, 0) is 16.1 Å². The highest BCUT2D eigenvalue weighted by Crippen LogP contribution is 2.18. The molecule has 0 heterocycles. The molecule has 0 atom stereocenters. The van der Waals surface area contributed by atoms with Gasteiger partial charge in [0.05, 0.1) is 7.11 Å². The molecule has 4 heteroatoms. The van der Waals surface area contributed by atoms with Gasteiger partial charge < -0.3 is 9.47 Å². The van der Waals surface area contributed by atoms with Gasteiger partial charge in [-0.2, -0.15) is 0 Å². The molecule has 0 bridgehead atoms. The maximum atomic E-state index is 11.8. The third kappa shape index (κ3) is 5.89. The van der Waals surface area contributed by atoms with Gasteiger partial charge in [-0.15, -0.1) is 0 Å². The van der Waals surface area contributed by atoms with Crippen LogP contribution in [0.2, 0.25) is 0 Å². The van der Waals surface area contributed by atoms with Crippen LogP contribution >= 0.6 is 0 Å². The summed E-state index contributed by atoms with van der Waals surface area (Å²) in [6, 6.07) is 17.7. The molecule has 0 aliphatic carbocycles. The van der Waals surface area contributed by atoms with Gasteiger partial charge in [-0.25, -0.2) is 4.79 Å². The first-order valence-electron chi connectivity index (χ1n) is 7.89. The number of hydrogen-bond acceptors (Lipinski definition) is 4. The molecule has 24 heavy (non-hydrogen) atoms. The Morgan fingerprint density at radius 2 is 1.79 bits per heavy atom. The third-order valence-corrected chi connectivity index (χ3v) is 3.55. The molecule has 0 saturated carbocycles. The highest BCUT2D eigenvalue weighted by molar-refractivity contribution is 5.87. The van der Waals surface area contributed by atoms with E-state index in [0.29, 0.717) is 13.2 Å². The van der Waals surface area contributed by atoms with Crippen LogP contribution in [0.15, 0.2) is 60.7 Å². The number of methoxy groups -OCH3 is 1. The molecule has 0 saturated heterocycles. The van der Waals surface area contributed by atoms with Gasteiger partial charge >= 0.3 is 5.97 Å². The van der Waals surface area contributed by atoms with E-state index in [1.807, 2.05) is 49.5 Å². The second-order valence-corrected chi connectivity index (χ2v) is 5.47. The summed E-state index contributed by atoms with van der Waals surface area (Å²) in [5.41, 5.74) is 2.08. The predicted molar refractivity (Wildman–Crippen MR) is 95.8 cm³/mol. The highest BCUT2D eigenvalue weighted by atomic mass is 16.5. The zero-order valence-electron chi connectivity index (χ0n) is 14.1. The molecule has 4 nitrogen and oxygen atoms in total. The minimum absolute atomic E-state index is 0.353.